The molecule has 2 N–H and O–H groups in total. The van der Waals surface area contributed by atoms with Crippen molar-refractivity contribution in [2.75, 3.05) is 13.2 Å². The summed E-state index contributed by atoms with van der Waals surface area (Å²) in [6, 6.07) is 10.1. The summed E-state index contributed by atoms with van der Waals surface area (Å²) in [6.07, 6.45) is 0. The number of amides is 1. The third kappa shape index (κ3) is 3.13. The van der Waals surface area contributed by atoms with Gasteiger partial charge in [0.1, 0.15) is 5.82 Å². The highest BCUT2D eigenvalue weighted by atomic mass is 32.1. The van der Waals surface area contributed by atoms with Crippen LogP contribution in [0.25, 0.3) is 10.7 Å². The molecule has 1 aliphatic heterocycles. The summed E-state index contributed by atoms with van der Waals surface area (Å²) in [5.41, 5.74) is -0.636. The fourth-order valence-corrected chi connectivity index (χ4v) is 3.38. The van der Waals surface area contributed by atoms with Gasteiger partial charge in [0.15, 0.2) is 11.5 Å². The number of thiophene rings is 1. The number of nitrogens with zero attached hydrogens (tertiary/aromatic N) is 2. The maximum Gasteiger partial charge on any atom is 0.251 e. The molecule has 2 aromatic heterocycles. The van der Waals surface area contributed by atoms with Crippen molar-refractivity contribution in [2.45, 2.75) is 18.6 Å². The molecule has 4 rings (SSSR count). The zero-order chi connectivity index (χ0) is 18.1. The van der Waals surface area contributed by atoms with E-state index in [-0.39, 0.29) is 25.2 Å². The van der Waals surface area contributed by atoms with Crippen LogP contribution in [0.5, 0.6) is 0 Å². The largest absolute Gasteiger partial charge is 0.374 e. The lowest BCUT2D eigenvalue weighted by molar-refractivity contribution is -0.135. The molecule has 1 amide bonds. The Morgan fingerprint density at radius 2 is 2.23 bits per heavy atom. The Hall–Kier alpha value is -2.58. The zero-order valence-corrected chi connectivity index (χ0v) is 14.8. The van der Waals surface area contributed by atoms with Crippen molar-refractivity contribution in [1.82, 2.24) is 20.5 Å². The highest BCUT2D eigenvalue weighted by Crippen LogP contribution is 2.34. The van der Waals surface area contributed by atoms with E-state index in [9.17, 15) is 9.18 Å². The molecule has 0 radical (unpaired) electrons. The summed E-state index contributed by atoms with van der Waals surface area (Å²) >= 11 is 1.55. The number of hydrogen-bond acceptors (Lipinski definition) is 5. The number of halogens is 1. The topological polar surface area (TPSA) is 79.9 Å². The second kappa shape index (κ2) is 6.62. The Kier molecular flexibility index (Phi) is 4.29. The molecule has 1 aliphatic rings. The van der Waals surface area contributed by atoms with Gasteiger partial charge in [-0.1, -0.05) is 18.2 Å². The van der Waals surface area contributed by atoms with Gasteiger partial charge < -0.3 is 10.1 Å². The fourth-order valence-electron chi connectivity index (χ4n) is 2.72. The van der Waals surface area contributed by atoms with Gasteiger partial charge in [0.2, 0.25) is 0 Å². The molecule has 1 unspecified atom stereocenters. The van der Waals surface area contributed by atoms with Crippen LogP contribution in [0.2, 0.25) is 0 Å². The Labute approximate surface area is 153 Å². The van der Waals surface area contributed by atoms with Crippen molar-refractivity contribution in [3.63, 3.8) is 0 Å². The summed E-state index contributed by atoms with van der Waals surface area (Å²) in [6.45, 7) is 1.87. The number of ether oxygens (including phenoxy) is 1. The molecule has 8 heteroatoms. The van der Waals surface area contributed by atoms with Crippen LogP contribution in [0.3, 0.4) is 0 Å². The van der Waals surface area contributed by atoms with Gasteiger partial charge in [0.05, 0.1) is 24.1 Å². The van der Waals surface area contributed by atoms with Crippen LogP contribution < -0.4 is 5.32 Å². The molecular weight excluding hydrogens is 355 g/mol. The average molecular weight is 372 g/mol. The van der Waals surface area contributed by atoms with Gasteiger partial charge in [-0.2, -0.15) is 5.10 Å². The van der Waals surface area contributed by atoms with Crippen molar-refractivity contribution < 1.29 is 13.9 Å². The first-order valence-electron chi connectivity index (χ1n) is 8.19. The SMILES string of the molecule is CC(NC(=O)c1cccc(C2(F)COC2)c1)c1nc(-c2cccs2)n[nH]1. The van der Waals surface area contributed by atoms with E-state index in [4.69, 9.17) is 4.74 Å². The maximum atomic E-state index is 14.5. The third-order valence-corrected chi connectivity index (χ3v) is 5.17. The van der Waals surface area contributed by atoms with Crippen molar-refractivity contribution in [2.24, 2.45) is 0 Å². The Bertz CT molecular complexity index is 921. The summed E-state index contributed by atoms with van der Waals surface area (Å²) in [7, 11) is 0. The van der Waals surface area contributed by atoms with E-state index in [1.807, 2.05) is 24.4 Å². The van der Waals surface area contributed by atoms with Gasteiger partial charge in [-0.05, 0) is 36.1 Å². The second-order valence-electron chi connectivity index (χ2n) is 6.26. The number of carbonyl (C=O) groups is 1. The Balaban J connectivity index is 1.47. The second-order valence-corrected chi connectivity index (χ2v) is 7.20. The highest BCUT2D eigenvalue weighted by Gasteiger charge is 2.40. The van der Waals surface area contributed by atoms with Crippen molar-refractivity contribution in [1.29, 1.82) is 0 Å². The van der Waals surface area contributed by atoms with E-state index < -0.39 is 5.67 Å². The third-order valence-electron chi connectivity index (χ3n) is 4.31. The number of hydrogen-bond donors (Lipinski definition) is 2. The molecule has 26 heavy (non-hydrogen) atoms. The molecule has 1 saturated heterocycles. The fraction of sp³-hybridized carbons (Fsp3) is 0.278. The number of H-pyrrole nitrogens is 1. The van der Waals surface area contributed by atoms with Crippen LogP contribution in [0, 0.1) is 0 Å². The monoisotopic (exact) mass is 372 g/mol. The van der Waals surface area contributed by atoms with Gasteiger partial charge in [-0.25, -0.2) is 9.37 Å². The van der Waals surface area contributed by atoms with Crippen molar-refractivity contribution in [3.05, 3.63) is 58.7 Å². The van der Waals surface area contributed by atoms with Gasteiger partial charge in [0, 0.05) is 5.56 Å². The predicted octanol–water partition coefficient (Wildman–Crippen LogP) is 3.22. The van der Waals surface area contributed by atoms with Crippen LogP contribution in [0.15, 0.2) is 41.8 Å². The highest BCUT2D eigenvalue weighted by molar-refractivity contribution is 7.13. The lowest BCUT2D eigenvalue weighted by Crippen LogP contribution is -2.42. The minimum Gasteiger partial charge on any atom is -0.374 e. The number of carbonyl (C=O) groups excluding carboxylic acids is 1. The summed E-state index contributed by atoms with van der Waals surface area (Å²) in [4.78, 5) is 17.9. The first-order chi connectivity index (χ1) is 12.5. The number of benzene rings is 1. The first-order valence-corrected chi connectivity index (χ1v) is 9.07. The first kappa shape index (κ1) is 16.9. The van der Waals surface area contributed by atoms with Crippen LogP contribution in [-0.2, 0) is 10.4 Å². The minimum atomic E-state index is -1.50. The lowest BCUT2D eigenvalue weighted by atomic mass is 9.92. The maximum absolute atomic E-state index is 14.5. The predicted molar refractivity (Wildman–Crippen MR) is 95.6 cm³/mol. The normalized spacial score (nSPS) is 16.7. The molecule has 3 heterocycles. The molecule has 6 nitrogen and oxygen atoms in total. The van der Waals surface area contributed by atoms with Crippen molar-refractivity contribution in [3.8, 4) is 10.7 Å². The summed E-state index contributed by atoms with van der Waals surface area (Å²) in [5.74, 6) is 0.868. The van der Waals surface area contributed by atoms with Crippen LogP contribution in [0.1, 0.15) is 34.7 Å². The molecular formula is C18H17FN4O2S. The van der Waals surface area contributed by atoms with E-state index in [2.05, 4.69) is 20.5 Å². The molecule has 0 aliphatic carbocycles. The molecule has 0 bridgehead atoms. The van der Waals surface area contributed by atoms with E-state index in [1.54, 1.807) is 35.6 Å². The van der Waals surface area contributed by atoms with Crippen molar-refractivity contribution >= 4 is 17.2 Å². The van der Waals surface area contributed by atoms with Crippen LogP contribution >= 0.6 is 11.3 Å². The van der Waals surface area contributed by atoms with Gasteiger partial charge in [-0.15, -0.1) is 11.3 Å². The summed E-state index contributed by atoms with van der Waals surface area (Å²) in [5, 5.41) is 11.9. The molecule has 0 spiro atoms. The number of nitrogens with one attached hydrogen (secondary N) is 2. The zero-order valence-electron chi connectivity index (χ0n) is 14.0. The minimum absolute atomic E-state index is 0.0258. The van der Waals surface area contributed by atoms with Gasteiger partial charge in [0.25, 0.3) is 5.91 Å². The quantitative estimate of drug-likeness (QED) is 0.721. The molecule has 1 fully saturated rings. The van der Waals surface area contributed by atoms with E-state index in [0.717, 1.165) is 4.88 Å². The van der Waals surface area contributed by atoms with Gasteiger partial charge in [-0.3, -0.25) is 9.89 Å². The molecule has 3 aromatic rings. The Morgan fingerprint density at radius 3 is 2.92 bits per heavy atom. The molecule has 0 saturated carbocycles. The van der Waals surface area contributed by atoms with E-state index >= 15 is 0 Å². The van der Waals surface area contributed by atoms with Crippen LogP contribution in [-0.4, -0.2) is 34.3 Å². The van der Waals surface area contributed by atoms with E-state index in [0.29, 0.717) is 22.8 Å². The number of rotatable bonds is 5. The number of alkyl halides is 1. The number of aromatic nitrogens is 3. The van der Waals surface area contributed by atoms with E-state index in [1.165, 1.54) is 0 Å². The summed E-state index contributed by atoms with van der Waals surface area (Å²) < 4.78 is 19.4. The molecule has 134 valence electrons. The van der Waals surface area contributed by atoms with Gasteiger partial charge >= 0.3 is 0 Å². The molecule has 1 aromatic carbocycles. The lowest BCUT2D eigenvalue weighted by Gasteiger charge is -2.34. The smallest absolute Gasteiger partial charge is 0.251 e. The molecule has 1 atom stereocenters. The number of aromatic amines is 1. The standard InChI is InChI=1S/C18H17FN4O2S/c1-11(15-21-16(23-22-15)14-6-3-7-26-14)20-17(24)12-4-2-5-13(8-12)18(19)9-25-10-18/h2-8,11H,9-10H2,1H3,(H,20,24)(H,21,22,23). The van der Waals surface area contributed by atoms with Crippen LogP contribution in [0.4, 0.5) is 4.39 Å². The average Bonchev–Trinajstić information content (AvgIpc) is 3.30. The Morgan fingerprint density at radius 1 is 1.38 bits per heavy atom.